The first-order chi connectivity index (χ1) is 11.1. The van der Waals surface area contributed by atoms with E-state index in [0.717, 1.165) is 0 Å². The summed E-state index contributed by atoms with van der Waals surface area (Å²) in [6.45, 7) is 4.08. The van der Waals surface area contributed by atoms with E-state index in [-0.39, 0.29) is 18.8 Å². The summed E-state index contributed by atoms with van der Waals surface area (Å²) >= 11 is 0. The van der Waals surface area contributed by atoms with Crippen LogP contribution < -0.4 is 5.73 Å². The minimum Gasteiger partial charge on any atom is -0.466 e. The number of nitrogens with zero attached hydrogens (tertiary/aromatic N) is 4. The van der Waals surface area contributed by atoms with Gasteiger partial charge in [0.15, 0.2) is 11.5 Å². The third-order valence-electron chi connectivity index (χ3n) is 3.11. The van der Waals surface area contributed by atoms with Crippen LogP contribution in [0.2, 0.25) is 0 Å². The Hall–Kier alpha value is -2.71. The van der Waals surface area contributed by atoms with Crippen molar-refractivity contribution in [2.75, 3.05) is 18.9 Å². The molecule has 0 saturated heterocycles. The van der Waals surface area contributed by atoms with Gasteiger partial charge in [-0.3, -0.25) is 4.79 Å². The number of carbonyl (C=O) groups is 2. The number of carbonyl (C=O) groups excluding carboxylic acids is 2. The molecule has 0 aliphatic rings. The van der Waals surface area contributed by atoms with Crippen molar-refractivity contribution in [2.45, 2.75) is 32.7 Å². The topological polar surface area (TPSA) is 122 Å². The molecule has 2 rings (SSSR count). The van der Waals surface area contributed by atoms with Crippen molar-refractivity contribution in [1.29, 1.82) is 0 Å². The van der Waals surface area contributed by atoms with Gasteiger partial charge in [0.05, 0.1) is 26.0 Å². The monoisotopic (exact) mass is 321 g/mol. The van der Waals surface area contributed by atoms with E-state index in [4.69, 9.17) is 15.2 Å². The molecule has 0 fully saturated rings. The Morgan fingerprint density at radius 1 is 1.26 bits per heavy atom. The van der Waals surface area contributed by atoms with Crippen molar-refractivity contribution in [3.63, 3.8) is 0 Å². The summed E-state index contributed by atoms with van der Waals surface area (Å²) < 4.78 is 11.5. The van der Waals surface area contributed by atoms with Crippen LogP contribution in [0.15, 0.2) is 12.7 Å². The molecule has 2 heterocycles. The van der Waals surface area contributed by atoms with Crippen molar-refractivity contribution in [1.82, 2.24) is 19.5 Å². The van der Waals surface area contributed by atoms with Gasteiger partial charge in [-0.25, -0.2) is 19.7 Å². The number of nitrogen functional groups attached to an aromatic ring is 1. The summed E-state index contributed by atoms with van der Waals surface area (Å²) in [6, 6.07) is -0.918. The van der Waals surface area contributed by atoms with E-state index >= 15 is 0 Å². The summed E-state index contributed by atoms with van der Waals surface area (Å²) in [5, 5.41) is 0. The Morgan fingerprint density at radius 3 is 2.74 bits per heavy atom. The molecule has 0 radical (unpaired) electrons. The van der Waals surface area contributed by atoms with E-state index in [1.807, 2.05) is 6.92 Å². The van der Waals surface area contributed by atoms with E-state index in [1.54, 1.807) is 6.92 Å². The molecule has 0 aliphatic heterocycles. The molecule has 0 aliphatic carbocycles. The lowest BCUT2D eigenvalue weighted by atomic mass is 10.2. The summed E-state index contributed by atoms with van der Waals surface area (Å²) in [5.41, 5.74) is 6.46. The smallest absolute Gasteiger partial charge is 0.329 e. The number of fused-ring (bicyclic) bond motifs is 1. The molecule has 9 heteroatoms. The minimum absolute atomic E-state index is 0.172. The quantitative estimate of drug-likeness (QED) is 0.745. The number of imidazole rings is 1. The number of anilines is 1. The standard InChI is InChI=1S/C14H19N5O4/c1-3-5-23-10(20)6-9(14(21)22-4-2)19-8-18-11-12(15)16-7-17-13(11)19/h7-9H,3-6H2,1-2H3,(H2,15,16,17)/t9-/m1/s1. The molecule has 23 heavy (non-hydrogen) atoms. The molecule has 2 aromatic heterocycles. The zero-order valence-corrected chi connectivity index (χ0v) is 13.1. The van der Waals surface area contributed by atoms with Crippen LogP contribution in [-0.4, -0.2) is 44.7 Å². The summed E-state index contributed by atoms with van der Waals surface area (Å²) in [5.74, 6) is -0.851. The highest BCUT2D eigenvalue weighted by atomic mass is 16.5. The van der Waals surface area contributed by atoms with Gasteiger partial charge in [-0.1, -0.05) is 6.92 Å². The first-order valence-corrected chi connectivity index (χ1v) is 7.33. The van der Waals surface area contributed by atoms with Crippen molar-refractivity contribution >= 4 is 28.9 Å². The van der Waals surface area contributed by atoms with Gasteiger partial charge >= 0.3 is 11.9 Å². The van der Waals surface area contributed by atoms with Crippen LogP contribution in [0.3, 0.4) is 0 Å². The van der Waals surface area contributed by atoms with Crippen molar-refractivity contribution in [3.05, 3.63) is 12.7 Å². The average Bonchev–Trinajstić information content (AvgIpc) is 2.96. The molecule has 2 N–H and O–H groups in total. The SMILES string of the molecule is CCCOC(=O)C[C@H](C(=O)OCC)n1cnc2c(N)ncnc21. The van der Waals surface area contributed by atoms with Gasteiger partial charge < -0.3 is 19.8 Å². The minimum atomic E-state index is -0.918. The molecule has 0 unspecified atom stereocenters. The Bertz CT molecular complexity index is 700. The Balaban J connectivity index is 2.33. The highest BCUT2D eigenvalue weighted by Gasteiger charge is 2.28. The van der Waals surface area contributed by atoms with Crippen LogP contribution in [0.25, 0.3) is 11.2 Å². The van der Waals surface area contributed by atoms with E-state index < -0.39 is 18.0 Å². The summed E-state index contributed by atoms with van der Waals surface area (Å²) in [6.07, 6.45) is 3.19. The third-order valence-corrected chi connectivity index (χ3v) is 3.11. The molecule has 0 amide bonds. The lowest BCUT2D eigenvalue weighted by molar-refractivity contribution is -0.154. The van der Waals surface area contributed by atoms with E-state index in [9.17, 15) is 9.59 Å². The van der Waals surface area contributed by atoms with Gasteiger partial charge in [0.1, 0.15) is 17.9 Å². The first-order valence-electron chi connectivity index (χ1n) is 7.33. The van der Waals surface area contributed by atoms with Gasteiger partial charge in [-0.15, -0.1) is 0 Å². The molecule has 0 bridgehead atoms. The fourth-order valence-corrected chi connectivity index (χ4v) is 2.06. The van der Waals surface area contributed by atoms with Crippen LogP contribution in [0.5, 0.6) is 0 Å². The summed E-state index contributed by atoms with van der Waals surface area (Å²) in [7, 11) is 0. The number of esters is 2. The molecule has 0 spiro atoms. The van der Waals surface area contributed by atoms with E-state index in [2.05, 4.69) is 15.0 Å². The largest absolute Gasteiger partial charge is 0.466 e. The number of rotatable bonds is 7. The fraction of sp³-hybridized carbons (Fsp3) is 0.500. The molecular formula is C14H19N5O4. The Kier molecular flexibility index (Phi) is 5.45. The maximum atomic E-state index is 12.2. The first kappa shape index (κ1) is 16.7. The van der Waals surface area contributed by atoms with Crippen molar-refractivity contribution < 1.29 is 19.1 Å². The second kappa shape index (κ2) is 7.52. The molecule has 0 saturated carbocycles. The van der Waals surface area contributed by atoms with Crippen molar-refractivity contribution in [3.8, 4) is 0 Å². The number of hydrogen-bond donors (Lipinski definition) is 1. The van der Waals surface area contributed by atoms with Crippen LogP contribution in [0, 0.1) is 0 Å². The number of nitrogens with two attached hydrogens (primary N) is 1. The average molecular weight is 321 g/mol. The predicted molar refractivity (Wildman–Crippen MR) is 81.3 cm³/mol. The molecule has 2 aromatic rings. The van der Waals surface area contributed by atoms with Gasteiger partial charge in [0.2, 0.25) is 0 Å². The zero-order valence-electron chi connectivity index (χ0n) is 13.1. The number of ether oxygens (including phenoxy) is 2. The van der Waals surface area contributed by atoms with Crippen molar-refractivity contribution in [2.24, 2.45) is 0 Å². The van der Waals surface area contributed by atoms with Gasteiger partial charge in [-0.05, 0) is 13.3 Å². The number of aromatic nitrogens is 4. The third kappa shape index (κ3) is 3.74. The van der Waals surface area contributed by atoms with Crippen LogP contribution in [0.4, 0.5) is 5.82 Å². The van der Waals surface area contributed by atoms with Gasteiger partial charge in [0, 0.05) is 0 Å². The van der Waals surface area contributed by atoms with Crippen LogP contribution in [0.1, 0.15) is 32.7 Å². The Labute approximate surface area is 132 Å². The maximum Gasteiger partial charge on any atom is 0.329 e. The lowest BCUT2D eigenvalue weighted by Crippen LogP contribution is -2.25. The van der Waals surface area contributed by atoms with Gasteiger partial charge in [-0.2, -0.15) is 0 Å². The normalized spacial score (nSPS) is 12.1. The fourth-order valence-electron chi connectivity index (χ4n) is 2.06. The molecule has 1 atom stereocenters. The summed E-state index contributed by atoms with van der Waals surface area (Å²) in [4.78, 5) is 36.2. The maximum absolute atomic E-state index is 12.2. The zero-order chi connectivity index (χ0) is 16.8. The molecular weight excluding hydrogens is 302 g/mol. The van der Waals surface area contributed by atoms with E-state index in [0.29, 0.717) is 24.2 Å². The van der Waals surface area contributed by atoms with Crippen LogP contribution in [-0.2, 0) is 19.1 Å². The van der Waals surface area contributed by atoms with E-state index in [1.165, 1.54) is 17.2 Å². The van der Waals surface area contributed by atoms with Gasteiger partial charge in [0.25, 0.3) is 0 Å². The highest BCUT2D eigenvalue weighted by Crippen LogP contribution is 2.22. The van der Waals surface area contributed by atoms with Crippen LogP contribution >= 0.6 is 0 Å². The molecule has 9 nitrogen and oxygen atoms in total. The second-order valence-corrected chi connectivity index (χ2v) is 4.78. The highest BCUT2D eigenvalue weighted by molar-refractivity contribution is 5.86. The second-order valence-electron chi connectivity index (χ2n) is 4.78. The molecule has 124 valence electrons. The Morgan fingerprint density at radius 2 is 2.04 bits per heavy atom. The predicted octanol–water partition coefficient (Wildman–Crippen LogP) is 0.856. The number of hydrogen-bond acceptors (Lipinski definition) is 8. The lowest BCUT2D eigenvalue weighted by Gasteiger charge is -2.16. The molecule has 0 aromatic carbocycles.